The van der Waals surface area contributed by atoms with E-state index in [1.165, 1.54) is 0 Å². The molecule has 0 unspecified atom stereocenters. The molecule has 0 radical (unpaired) electrons. The molecule has 0 atom stereocenters. The van der Waals surface area contributed by atoms with Crippen LogP contribution in [0.3, 0.4) is 0 Å². The van der Waals surface area contributed by atoms with E-state index < -0.39 is 0 Å². The minimum absolute atomic E-state index is 0.557. The Bertz CT molecular complexity index is 540. The molecule has 0 bridgehead atoms. The van der Waals surface area contributed by atoms with Crippen LogP contribution >= 0.6 is 0 Å². The van der Waals surface area contributed by atoms with Crippen LogP contribution in [-0.2, 0) is 0 Å². The second-order valence-electron chi connectivity index (χ2n) is 3.66. The van der Waals surface area contributed by atoms with Crippen LogP contribution in [0.4, 0.5) is 5.69 Å². The Morgan fingerprint density at radius 3 is 2.06 bits per heavy atom. The van der Waals surface area contributed by atoms with Gasteiger partial charge in [0, 0.05) is 11.8 Å². The summed E-state index contributed by atoms with van der Waals surface area (Å²) < 4.78 is 16.2. The lowest BCUT2D eigenvalue weighted by atomic mass is 10.2. The SMILES string of the molecule is COc1ccccc1Oc1cc(N)ccc1OC. The van der Waals surface area contributed by atoms with Gasteiger partial charge in [-0.1, -0.05) is 12.1 Å². The molecule has 0 spiro atoms. The average Bonchev–Trinajstić information content (AvgIpc) is 2.40. The van der Waals surface area contributed by atoms with E-state index in [9.17, 15) is 0 Å². The van der Waals surface area contributed by atoms with Crippen LogP contribution in [0.5, 0.6) is 23.0 Å². The first-order valence-corrected chi connectivity index (χ1v) is 5.49. The highest BCUT2D eigenvalue weighted by molar-refractivity contribution is 5.54. The van der Waals surface area contributed by atoms with Gasteiger partial charge in [-0.05, 0) is 24.3 Å². The van der Waals surface area contributed by atoms with Gasteiger partial charge in [-0.3, -0.25) is 0 Å². The van der Waals surface area contributed by atoms with Gasteiger partial charge in [0.2, 0.25) is 0 Å². The Hall–Kier alpha value is -2.36. The van der Waals surface area contributed by atoms with Crippen LogP contribution in [0.1, 0.15) is 0 Å². The van der Waals surface area contributed by atoms with Gasteiger partial charge in [0.05, 0.1) is 14.2 Å². The predicted molar refractivity (Wildman–Crippen MR) is 70.5 cm³/mol. The largest absolute Gasteiger partial charge is 0.493 e. The lowest BCUT2D eigenvalue weighted by Crippen LogP contribution is -1.94. The fraction of sp³-hybridized carbons (Fsp3) is 0.143. The highest BCUT2D eigenvalue weighted by atomic mass is 16.5. The van der Waals surface area contributed by atoms with Crippen molar-refractivity contribution in [3.05, 3.63) is 42.5 Å². The van der Waals surface area contributed by atoms with Gasteiger partial charge in [0.25, 0.3) is 0 Å². The van der Waals surface area contributed by atoms with Gasteiger partial charge in [-0.25, -0.2) is 0 Å². The maximum Gasteiger partial charge on any atom is 0.171 e. The summed E-state index contributed by atoms with van der Waals surface area (Å²) in [4.78, 5) is 0. The van der Waals surface area contributed by atoms with E-state index in [-0.39, 0.29) is 0 Å². The molecule has 4 nitrogen and oxygen atoms in total. The number of nitrogen functional groups attached to an aromatic ring is 1. The highest BCUT2D eigenvalue weighted by Crippen LogP contribution is 2.36. The summed E-state index contributed by atoms with van der Waals surface area (Å²) in [5, 5.41) is 0. The molecule has 94 valence electrons. The maximum absolute atomic E-state index is 5.77. The quantitative estimate of drug-likeness (QED) is 0.841. The summed E-state index contributed by atoms with van der Waals surface area (Å²) in [7, 11) is 3.18. The summed E-state index contributed by atoms with van der Waals surface area (Å²) >= 11 is 0. The van der Waals surface area contributed by atoms with Gasteiger partial charge in [0.15, 0.2) is 23.0 Å². The first-order chi connectivity index (χ1) is 8.74. The zero-order chi connectivity index (χ0) is 13.0. The summed E-state index contributed by atoms with van der Waals surface area (Å²) in [5.74, 6) is 2.45. The van der Waals surface area contributed by atoms with E-state index in [0.717, 1.165) is 0 Å². The minimum Gasteiger partial charge on any atom is -0.493 e. The van der Waals surface area contributed by atoms with Gasteiger partial charge >= 0.3 is 0 Å². The molecule has 0 aliphatic carbocycles. The molecule has 2 aromatic rings. The van der Waals surface area contributed by atoms with Crippen molar-refractivity contribution < 1.29 is 14.2 Å². The Labute approximate surface area is 106 Å². The topological polar surface area (TPSA) is 53.7 Å². The van der Waals surface area contributed by atoms with Crippen LogP contribution in [0, 0.1) is 0 Å². The van der Waals surface area contributed by atoms with Crippen molar-refractivity contribution in [2.45, 2.75) is 0 Å². The fourth-order valence-corrected chi connectivity index (χ4v) is 1.59. The number of methoxy groups -OCH3 is 2. The molecule has 2 rings (SSSR count). The van der Waals surface area contributed by atoms with Crippen molar-refractivity contribution in [3.63, 3.8) is 0 Å². The fourth-order valence-electron chi connectivity index (χ4n) is 1.59. The van der Waals surface area contributed by atoms with Crippen molar-refractivity contribution in [2.24, 2.45) is 0 Å². The molecular weight excluding hydrogens is 230 g/mol. The molecule has 0 aliphatic rings. The van der Waals surface area contributed by atoms with E-state index in [1.807, 2.05) is 24.3 Å². The van der Waals surface area contributed by atoms with Crippen LogP contribution in [0.2, 0.25) is 0 Å². The van der Waals surface area contributed by atoms with E-state index in [4.69, 9.17) is 19.9 Å². The Morgan fingerprint density at radius 1 is 0.778 bits per heavy atom. The summed E-state index contributed by atoms with van der Waals surface area (Å²) in [6.45, 7) is 0. The second-order valence-corrected chi connectivity index (χ2v) is 3.66. The first kappa shape index (κ1) is 12.1. The van der Waals surface area contributed by atoms with E-state index in [2.05, 4.69) is 0 Å². The molecule has 0 heterocycles. The molecule has 4 heteroatoms. The number of benzene rings is 2. The number of hydrogen-bond acceptors (Lipinski definition) is 4. The van der Waals surface area contributed by atoms with E-state index in [0.29, 0.717) is 28.7 Å². The second kappa shape index (κ2) is 5.31. The molecule has 18 heavy (non-hydrogen) atoms. The van der Waals surface area contributed by atoms with Gasteiger partial charge in [-0.2, -0.15) is 0 Å². The number of hydrogen-bond donors (Lipinski definition) is 1. The summed E-state index contributed by atoms with van der Waals surface area (Å²) in [5.41, 5.74) is 6.35. The number of ether oxygens (including phenoxy) is 3. The zero-order valence-electron chi connectivity index (χ0n) is 10.3. The lowest BCUT2D eigenvalue weighted by molar-refractivity contribution is 0.356. The molecule has 0 aromatic heterocycles. The monoisotopic (exact) mass is 245 g/mol. The van der Waals surface area contributed by atoms with E-state index >= 15 is 0 Å². The van der Waals surface area contributed by atoms with Crippen LogP contribution in [0.25, 0.3) is 0 Å². The van der Waals surface area contributed by atoms with Gasteiger partial charge in [0.1, 0.15) is 0 Å². The number of rotatable bonds is 4. The Kier molecular flexibility index (Phi) is 3.57. The first-order valence-electron chi connectivity index (χ1n) is 5.49. The average molecular weight is 245 g/mol. The molecule has 2 N–H and O–H groups in total. The Morgan fingerprint density at radius 2 is 1.39 bits per heavy atom. The maximum atomic E-state index is 5.77. The molecule has 0 fully saturated rings. The van der Waals surface area contributed by atoms with Gasteiger partial charge < -0.3 is 19.9 Å². The lowest BCUT2D eigenvalue weighted by Gasteiger charge is -2.13. The smallest absolute Gasteiger partial charge is 0.171 e. The minimum atomic E-state index is 0.557. The molecule has 0 aliphatic heterocycles. The third-order valence-electron chi connectivity index (χ3n) is 2.48. The van der Waals surface area contributed by atoms with Crippen molar-refractivity contribution in [3.8, 4) is 23.0 Å². The van der Waals surface area contributed by atoms with Crippen molar-refractivity contribution in [1.82, 2.24) is 0 Å². The molecule has 0 saturated heterocycles. The van der Waals surface area contributed by atoms with Crippen molar-refractivity contribution in [2.75, 3.05) is 20.0 Å². The van der Waals surface area contributed by atoms with Gasteiger partial charge in [-0.15, -0.1) is 0 Å². The van der Waals surface area contributed by atoms with Crippen LogP contribution in [-0.4, -0.2) is 14.2 Å². The zero-order valence-corrected chi connectivity index (χ0v) is 10.3. The number of anilines is 1. The summed E-state index contributed by atoms with van der Waals surface area (Å²) in [6, 6.07) is 12.6. The highest BCUT2D eigenvalue weighted by Gasteiger charge is 2.09. The van der Waals surface area contributed by atoms with Crippen LogP contribution < -0.4 is 19.9 Å². The molecular formula is C14H15NO3. The van der Waals surface area contributed by atoms with Crippen molar-refractivity contribution in [1.29, 1.82) is 0 Å². The third-order valence-corrected chi connectivity index (χ3v) is 2.48. The summed E-state index contributed by atoms with van der Waals surface area (Å²) in [6.07, 6.45) is 0. The normalized spacial score (nSPS) is 9.89. The van der Waals surface area contributed by atoms with Crippen LogP contribution in [0.15, 0.2) is 42.5 Å². The van der Waals surface area contributed by atoms with E-state index in [1.54, 1.807) is 32.4 Å². The molecule has 0 amide bonds. The standard InChI is InChI=1S/C14H15NO3/c1-16-11-5-3-4-6-13(11)18-14-9-10(15)7-8-12(14)17-2/h3-9H,15H2,1-2H3. The third kappa shape index (κ3) is 2.48. The number of nitrogens with two attached hydrogens (primary N) is 1. The Balaban J connectivity index is 2.36. The molecule has 0 saturated carbocycles. The molecule has 2 aromatic carbocycles. The predicted octanol–water partition coefficient (Wildman–Crippen LogP) is 3.08. The van der Waals surface area contributed by atoms with Crippen molar-refractivity contribution >= 4 is 5.69 Å². The number of para-hydroxylation sites is 2.